The van der Waals surface area contributed by atoms with Gasteiger partial charge in [-0.1, -0.05) is 23.2 Å². The number of nitrogens with two attached hydrogens (primary N) is 1. The normalized spacial score (nSPS) is 42.0. The lowest BCUT2D eigenvalue weighted by Crippen LogP contribution is -2.38. The van der Waals surface area contributed by atoms with Crippen molar-refractivity contribution in [3.63, 3.8) is 0 Å². The Hall–Kier alpha value is 0.500. The molecule has 0 radical (unpaired) electrons. The van der Waals surface area contributed by atoms with Crippen LogP contribution in [0.4, 0.5) is 0 Å². The first kappa shape index (κ1) is 6.62. The number of hydrogen-bond donors (Lipinski definition) is 2. The van der Waals surface area contributed by atoms with Crippen molar-refractivity contribution in [3.05, 3.63) is 0 Å². The molecule has 3 N–H and O–H groups in total. The van der Waals surface area contributed by atoms with Crippen LogP contribution in [0, 0.1) is 0 Å². The predicted octanol–water partition coefficient (Wildman–Crippen LogP) is 0.786. The van der Waals surface area contributed by atoms with Gasteiger partial charge < -0.3 is 0 Å². The van der Waals surface area contributed by atoms with E-state index in [4.69, 9.17) is 29.0 Å². The number of rotatable bonds is 1. The van der Waals surface area contributed by atoms with Gasteiger partial charge in [0.05, 0.1) is 5.54 Å². The first-order valence-corrected chi connectivity index (χ1v) is 3.13. The second kappa shape index (κ2) is 1.51. The third-order valence-corrected chi connectivity index (χ3v) is 2.68. The van der Waals surface area contributed by atoms with Crippen molar-refractivity contribution in [3.8, 4) is 0 Å². The Bertz CT molecular complexity index is 115. The van der Waals surface area contributed by atoms with Crippen LogP contribution >= 0.6 is 23.2 Å². The quantitative estimate of drug-likeness (QED) is 0.333. The van der Waals surface area contributed by atoms with Gasteiger partial charge in [-0.05, 0) is 6.92 Å². The highest BCUT2D eigenvalue weighted by Crippen LogP contribution is 2.55. The molecular formula is C4H8Cl2N2. The largest absolute Gasteiger partial charge is 0.271 e. The fourth-order valence-corrected chi connectivity index (χ4v) is 1.20. The molecule has 1 atom stereocenters. The molecular weight excluding hydrogens is 147 g/mol. The molecule has 8 heavy (non-hydrogen) atoms. The zero-order chi connectivity index (χ0) is 6.41. The second-order valence-corrected chi connectivity index (χ2v) is 3.84. The lowest BCUT2D eigenvalue weighted by molar-refractivity contribution is 0.555. The lowest BCUT2D eigenvalue weighted by atomic mass is 10.4. The van der Waals surface area contributed by atoms with Crippen molar-refractivity contribution < 1.29 is 0 Å². The van der Waals surface area contributed by atoms with Crippen LogP contribution in [0.25, 0.3) is 0 Å². The monoisotopic (exact) mass is 154 g/mol. The molecule has 48 valence electrons. The molecule has 0 aromatic rings. The highest BCUT2D eigenvalue weighted by molar-refractivity contribution is 6.52. The maximum atomic E-state index is 5.67. The summed E-state index contributed by atoms with van der Waals surface area (Å²) in [6.07, 6.45) is 0.722. The topological polar surface area (TPSA) is 38.0 Å². The van der Waals surface area contributed by atoms with Crippen molar-refractivity contribution in [2.45, 2.75) is 23.2 Å². The Balaban J connectivity index is 2.55. The summed E-state index contributed by atoms with van der Waals surface area (Å²) < 4.78 is -0.637. The molecule has 0 aromatic carbocycles. The molecule has 1 aliphatic rings. The average molecular weight is 155 g/mol. The minimum absolute atomic E-state index is 0.254. The van der Waals surface area contributed by atoms with Crippen LogP contribution in [0.5, 0.6) is 0 Å². The molecule has 0 aromatic heterocycles. The molecule has 1 fully saturated rings. The average Bonchev–Trinajstić information content (AvgIpc) is 2.10. The first-order chi connectivity index (χ1) is 3.52. The Morgan fingerprint density at radius 2 is 2.00 bits per heavy atom. The van der Waals surface area contributed by atoms with Crippen LogP contribution in [-0.2, 0) is 0 Å². The molecule has 0 spiro atoms. The van der Waals surface area contributed by atoms with Crippen LogP contribution in [-0.4, -0.2) is 9.87 Å². The third kappa shape index (κ3) is 0.722. The smallest absolute Gasteiger partial charge is 0.139 e. The van der Waals surface area contributed by atoms with E-state index in [1.165, 1.54) is 0 Å². The summed E-state index contributed by atoms with van der Waals surface area (Å²) in [4.78, 5) is 0. The molecule has 1 rings (SSSR count). The first-order valence-electron chi connectivity index (χ1n) is 2.37. The summed E-state index contributed by atoms with van der Waals surface area (Å²) in [5.74, 6) is 5.12. The number of nitrogens with one attached hydrogen (secondary N) is 1. The Morgan fingerprint density at radius 3 is 2.00 bits per heavy atom. The highest BCUT2D eigenvalue weighted by Gasteiger charge is 2.62. The number of halogens is 2. The fourth-order valence-electron chi connectivity index (χ4n) is 0.556. The molecule has 1 aliphatic carbocycles. The van der Waals surface area contributed by atoms with Gasteiger partial charge in [0.2, 0.25) is 0 Å². The second-order valence-electron chi connectivity index (χ2n) is 2.36. The van der Waals surface area contributed by atoms with E-state index in [9.17, 15) is 0 Å². The zero-order valence-electron chi connectivity index (χ0n) is 4.54. The molecule has 0 amide bonds. The standard InChI is InChI=1S/C4H8Cl2N2/c1-3(8-7)2-4(3,5)6/h8H,2,7H2,1H3. The van der Waals surface area contributed by atoms with Crippen molar-refractivity contribution in [1.82, 2.24) is 5.43 Å². The van der Waals surface area contributed by atoms with Crippen LogP contribution < -0.4 is 11.3 Å². The van der Waals surface area contributed by atoms with E-state index in [-0.39, 0.29) is 5.54 Å². The van der Waals surface area contributed by atoms with E-state index in [0.29, 0.717) is 0 Å². The van der Waals surface area contributed by atoms with Gasteiger partial charge in [0, 0.05) is 6.42 Å². The van der Waals surface area contributed by atoms with Crippen molar-refractivity contribution in [2.24, 2.45) is 5.84 Å². The van der Waals surface area contributed by atoms with Crippen LogP contribution in [0.15, 0.2) is 0 Å². The van der Waals surface area contributed by atoms with Crippen molar-refractivity contribution in [1.29, 1.82) is 0 Å². The van der Waals surface area contributed by atoms with E-state index in [0.717, 1.165) is 6.42 Å². The highest BCUT2D eigenvalue weighted by atomic mass is 35.5. The summed E-state index contributed by atoms with van der Waals surface area (Å²) in [6, 6.07) is 0. The molecule has 0 saturated heterocycles. The number of alkyl halides is 2. The van der Waals surface area contributed by atoms with Gasteiger partial charge in [-0.15, -0.1) is 0 Å². The molecule has 2 nitrogen and oxygen atoms in total. The van der Waals surface area contributed by atoms with Gasteiger partial charge in [0.15, 0.2) is 0 Å². The summed E-state index contributed by atoms with van der Waals surface area (Å²) in [7, 11) is 0. The minimum atomic E-state index is -0.637. The maximum Gasteiger partial charge on any atom is 0.139 e. The molecule has 1 unspecified atom stereocenters. The van der Waals surface area contributed by atoms with Gasteiger partial charge in [0.1, 0.15) is 4.33 Å². The van der Waals surface area contributed by atoms with Crippen LogP contribution in [0.3, 0.4) is 0 Å². The lowest BCUT2D eigenvalue weighted by Gasteiger charge is -2.07. The molecule has 0 heterocycles. The number of hydrazine groups is 1. The van der Waals surface area contributed by atoms with E-state index < -0.39 is 4.33 Å². The van der Waals surface area contributed by atoms with Gasteiger partial charge in [-0.25, -0.2) is 0 Å². The summed E-state index contributed by atoms with van der Waals surface area (Å²) >= 11 is 11.3. The van der Waals surface area contributed by atoms with E-state index in [2.05, 4.69) is 5.43 Å². The van der Waals surface area contributed by atoms with Crippen LogP contribution in [0.2, 0.25) is 0 Å². The number of hydrogen-bond acceptors (Lipinski definition) is 2. The SMILES string of the molecule is CC1(NN)CC1(Cl)Cl. The van der Waals surface area contributed by atoms with Gasteiger partial charge in [-0.3, -0.25) is 11.3 Å². The third-order valence-electron chi connectivity index (χ3n) is 1.58. The van der Waals surface area contributed by atoms with E-state index >= 15 is 0 Å². The van der Waals surface area contributed by atoms with Gasteiger partial charge in [-0.2, -0.15) is 0 Å². The molecule has 1 saturated carbocycles. The van der Waals surface area contributed by atoms with Crippen LogP contribution in [0.1, 0.15) is 13.3 Å². The Morgan fingerprint density at radius 1 is 1.62 bits per heavy atom. The molecule has 0 bridgehead atoms. The van der Waals surface area contributed by atoms with E-state index in [1.807, 2.05) is 6.92 Å². The van der Waals surface area contributed by atoms with E-state index in [1.54, 1.807) is 0 Å². The van der Waals surface area contributed by atoms with Gasteiger partial charge in [0.25, 0.3) is 0 Å². The fraction of sp³-hybridized carbons (Fsp3) is 1.00. The summed E-state index contributed by atoms with van der Waals surface area (Å²) in [5.41, 5.74) is 2.29. The van der Waals surface area contributed by atoms with Crippen molar-refractivity contribution >= 4 is 23.2 Å². The van der Waals surface area contributed by atoms with Gasteiger partial charge >= 0.3 is 0 Å². The Labute approximate surface area is 58.3 Å². The Kier molecular flexibility index (Phi) is 1.25. The summed E-state index contributed by atoms with van der Waals surface area (Å²) in [5, 5.41) is 0. The predicted molar refractivity (Wildman–Crippen MR) is 34.8 cm³/mol. The maximum absolute atomic E-state index is 5.67. The zero-order valence-corrected chi connectivity index (χ0v) is 6.05. The molecule has 0 aliphatic heterocycles. The molecule has 4 heteroatoms. The summed E-state index contributed by atoms with van der Waals surface area (Å²) in [6.45, 7) is 1.88. The van der Waals surface area contributed by atoms with Crippen molar-refractivity contribution in [2.75, 3.05) is 0 Å². The minimum Gasteiger partial charge on any atom is -0.271 e.